The fourth-order valence-corrected chi connectivity index (χ4v) is 4.72. The van der Waals surface area contributed by atoms with Crippen LogP contribution in [0.1, 0.15) is 25.3 Å². The highest BCUT2D eigenvalue weighted by Crippen LogP contribution is 2.31. The SMILES string of the molecule is C#CCO[C@H](C)[C@H](NC(=O)OCC=C)C(=O)N1CCCC1C1=N[C@@](Cc2cccc(Cl)c2)(C(=O)OC)CO1. The molecular weight excluding hydrogens is 514 g/mol. The van der Waals surface area contributed by atoms with Gasteiger partial charge in [0.1, 0.15) is 31.9 Å². The van der Waals surface area contributed by atoms with Crippen LogP contribution >= 0.6 is 11.6 Å². The summed E-state index contributed by atoms with van der Waals surface area (Å²) in [4.78, 5) is 45.1. The largest absolute Gasteiger partial charge is 0.476 e. The second kappa shape index (κ2) is 13.3. The Morgan fingerprint density at radius 2 is 2.24 bits per heavy atom. The van der Waals surface area contributed by atoms with Crippen molar-refractivity contribution in [3.8, 4) is 12.3 Å². The van der Waals surface area contributed by atoms with Crippen LogP contribution in [0.2, 0.25) is 5.02 Å². The summed E-state index contributed by atoms with van der Waals surface area (Å²) in [5.41, 5.74) is -0.529. The van der Waals surface area contributed by atoms with Gasteiger partial charge in [0.2, 0.25) is 11.8 Å². The van der Waals surface area contributed by atoms with Crippen LogP contribution in [0, 0.1) is 12.3 Å². The van der Waals surface area contributed by atoms with E-state index in [1.807, 2.05) is 6.07 Å². The van der Waals surface area contributed by atoms with Crippen LogP contribution in [-0.2, 0) is 35.0 Å². The maximum atomic E-state index is 13.7. The molecule has 0 saturated carbocycles. The Kier molecular flexibility index (Phi) is 10.2. The summed E-state index contributed by atoms with van der Waals surface area (Å²) in [5, 5.41) is 3.10. The number of nitrogens with one attached hydrogen (secondary N) is 1. The zero-order valence-corrected chi connectivity index (χ0v) is 22.2. The number of amides is 2. The van der Waals surface area contributed by atoms with Gasteiger partial charge < -0.3 is 29.2 Å². The van der Waals surface area contributed by atoms with Crippen molar-refractivity contribution in [3.63, 3.8) is 0 Å². The van der Waals surface area contributed by atoms with E-state index in [0.29, 0.717) is 24.4 Å². The fourth-order valence-electron chi connectivity index (χ4n) is 4.51. The van der Waals surface area contributed by atoms with Crippen molar-refractivity contribution in [2.75, 3.05) is 33.5 Å². The number of terminal acetylenes is 1. The average molecular weight is 546 g/mol. The topological polar surface area (TPSA) is 116 Å². The highest BCUT2D eigenvalue weighted by Gasteiger charge is 2.49. The van der Waals surface area contributed by atoms with Crippen molar-refractivity contribution in [1.29, 1.82) is 0 Å². The van der Waals surface area contributed by atoms with Gasteiger partial charge in [-0.15, -0.1) is 6.42 Å². The first kappa shape index (κ1) is 29.0. The highest BCUT2D eigenvalue weighted by atomic mass is 35.5. The van der Waals surface area contributed by atoms with Crippen molar-refractivity contribution in [2.45, 2.75) is 49.9 Å². The number of likely N-dealkylation sites (tertiary alicyclic amines) is 1. The maximum Gasteiger partial charge on any atom is 0.408 e. The van der Waals surface area contributed by atoms with Crippen molar-refractivity contribution in [1.82, 2.24) is 10.2 Å². The van der Waals surface area contributed by atoms with E-state index in [1.165, 1.54) is 13.2 Å². The molecule has 0 radical (unpaired) electrons. The molecule has 10 nitrogen and oxygen atoms in total. The summed E-state index contributed by atoms with van der Waals surface area (Å²) in [7, 11) is 1.29. The monoisotopic (exact) mass is 545 g/mol. The predicted molar refractivity (Wildman–Crippen MR) is 141 cm³/mol. The second-order valence-corrected chi connectivity index (χ2v) is 9.42. The molecule has 1 aromatic rings. The van der Waals surface area contributed by atoms with Crippen molar-refractivity contribution >= 4 is 35.5 Å². The van der Waals surface area contributed by atoms with Crippen LogP contribution in [0.3, 0.4) is 0 Å². The Morgan fingerprint density at radius 1 is 1.45 bits per heavy atom. The first-order valence-corrected chi connectivity index (χ1v) is 12.6. The molecule has 4 atom stereocenters. The van der Waals surface area contributed by atoms with E-state index in [-0.39, 0.29) is 32.1 Å². The molecule has 3 rings (SSSR count). The number of methoxy groups -OCH3 is 1. The Hall–Kier alpha value is -3.55. The number of carbonyl (C=O) groups excluding carboxylic acids is 3. The molecule has 1 aromatic carbocycles. The molecule has 11 heteroatoms. The van der Waals surface area contributed by atoms with Gasteiger partial charge in [-0.1, -0.05) is 42.3 Å². The van der Waals surface area contributed by atoms with Crippen LogP contribution < -0.4 is 5.32 Å². The van der Waals surface area contributed by atoms with Gasteiger partial charge in [0.05, 0.1) is 13.2 Å². The van der Waals surface area contributed by atoms with Gasteiger partial charge in [0.25, 0.3) is 0 Å². The van der Waals surface area contributed by atoms with Crippen LogP contribution in [-0.4, -0.2) is 86.0 Å². The minimum Gasteiger partial charge on any atom is -0.476 e. The smallest absolute Gasteiger partial charge is 0.408 e. The molecule has 1 saturated heterocycles. The average Bonchev–Trinajstić information content (AvgIpc) is 3.56. The number of halogens is 1. The molecule has 2 aliphatic heterocycles. The normalized spacial score (nSPS) is 21.9. The molecule has 1 N–H and O–H groups in total. The van der Waals surface area contributed by atoms with E-state index in [2.05, 4.69) is 22.8 Å². The summed E-state index contributed by atoms with van der Waals surface area (Å²) in [6.07, 6.45) is 6.61. The van der Waals surface area contributed by atoms with Gasteiger partial charge in [-0.3, -0.25) is 4.79 Å². The Bertz CT molecular complexity index is 1120. The lowest BCUT2D eigenvalue weighted by Crippen LogP contribution is -2.56. The van der Waals surface area contributed by atoms with Crippen LogP contribution in [0.4, 0.5) is 4.79 Å². The molecule has 204 valence electrons. The van der Waals surface area contributed by atoms with Crippen LogP contribution in [0.25, 0.3) is 0 Å². The van der Waals surface area contributed by atoms with Gasteiger partial charge in [0, 0.05) is 18.0 Å². The summed E-state index contributed by atoms with van der Waals surface area (Å²) in [5.74, 6) is 1.65. The molecule has 0 bridgehead atoms. The molecule has 1 unspecified atom stereocenters. The number of ether oxygens (including phenoxy) is 4. The quantitative estimate of drug-likeness (QED) is 0.258. The molecular formula is C27H32ClN3O7. The first-order chi connectivity index (χ1) is 18.2. The summed E-state index contributed by atoms with van der Waals surface area (Å²) >= 11 is 6.13. The van der Waals surface area contributed by atoms with Crippen molar-refractivity contribution < 1.29 is 33.3 Å². The van der Waals surface area contributed by atoms with Gasteiger partial charge in [0.15, 0.2) is 5.54 Å². The summed E-state index contributed by atoms with van der Waals surface area (Å²) in [6, 6.07) is 5.50. The maximum absolute atomic E-state index is 13.7. The standard InChI is InChI=1S/C27H32ClN3O7/c1-5-13-36-18(3)22(29-26(34)37-14-6-2)24(32)31-12-8-11-21(31)23-30-27(17-38-23,25(33)35-4)16-19-9-7-10-20(28)15-19/h1,6-7,9-10,15,18,21-22H,2,8,11-14,16-17H2,3-4H3,(H,29,34)/t18-,21?,22+,27-/m1/s1. The Morgan fingerprint density at radius 3 is 2.92 bits per heavy atom. The molecule has 38 heavy (non-hydrogen) atoms. The number of alkyl carbamates (subject to hydrolysis) is 1. The molecule has 0 aliphatic carbocycles. The van der Waals surface area contributed by atoms with E-state index in [1.54, 1.807) is 30.0 Å². The van der Waals surface area contributed by atoms with Gasteiger partial charge >= 0.3 is 12.1 Å². The van der Waals surface area contributed by atoms with E-state index < -0.39 is 41.7 Å². The second-order valence-electron chi connectivity index (χ2n) is 8.99. The summed E-state index contributed by atoms with van der Waals surface area (Å²) < 4.78 is 21.6. The number of carbonyl (C=O) groups is 3. The lowest BCUT2D eigenvalue weighted by Gasteiger charge is -2.31. The lowest BCUT2D eigenvalue weighted by atomic mass is 9.92. The van der Waals surface area contributed by atoms with Gasteiger partial charge in [-0.05, 0) is 37.5 Å². The van der Waals surface area contributed by atoms with Crippen LogP contribution in [0.15, 0.2) is 41.9 Å². The lowest BCUT2D eigenvalue weighted by molar-refractivity contribution is -0.147. The molecule has 1 fully saturated rings. The van der Waals surface area contributed by atoms with Crippen LogP contribution in [0.5, 0.6) is 0 Å². The van der Waals surface area contributed by atoms with E-state index in [9.17, 15) is 14.4 Å². The number of benzene rings is 1. The number of nitrogens with zero attached hydrogens (tertiary/aromatic N) is 2. The number of rotatable bonds is 11. The molecule has 2 heterocycles. The van der Waals surface area contributed by atoms with E-state index in [4.69, 9.17) is 37.0 Å². The predicted octanol–water partition coefficient (Wildman–Crippen LogP) is 2.53. The molecule has 0 aromatic heterocycles. The molecule has 2 aliphatic rings. The van der Waals surface area contributed by atoms with E-state index in [0.717, 1.165) is 5.56 Å². The van der Waals surface area contributed by atoms with E-state index >= 15 is 0 Å². The Balaban J connectivity index is 1.86. The van der Waals surface area contributed by atoms with Gasteiger partial charge in [-0.2, -0.15) is 0 Å². The third-order valence-electron chi connectivity index (χ3n) is 6.33. The number of aliphatic imine (C=N–C) groups is 1. The summed E-state index contributed by atoms with van der Waals surface area (Å²) in [6.45, 7) is 5.43. The third-order valence-corrected chi connectivity index (χ3v) is 6.56. The molecule has 0 spiro atoms. The number of hydrogen-bond donors (Lipinski definition) is 1. The third kappa shape index (κ3) is 6.85. The zero-order chi connectivity index (χ0) is 27.7. The Labute approximate surface area is 227 Å². The van der Waals surface area contributed by atoms with Crippen molar-refractivity contribution in [2.24, 2.45) is 4.99 Å². The highest BCUT2D eigenvalue weighted by molar-refractivity contribution is 6.30. The van der Waals surface area contributed by atoms with Crippen molar-refractivity contribution in [3.05, 3.63) is 47.5 Å². The number of esters is 1. The number of hydrogen-bond acceptors (Lipinski definition) is 8. The minimum atomic E-state index is -1.32. The fraction of sp³-hybridized carbons (Fsp3) is 0.481. The minimum absolute atomic E-state index is 0.0223. The zero-order valence-electron chi connectivity index (χ0n) is 21.5. The van der Waals surface area contributed by atoms with Gasteiger partial charge in [-0.25, -0.2) is 14.6 Å². The molecule has 2 amide bonds. The first-order valence-electron chi connectivity index (χ1n) is 12.2.